The second-order valence-electron chi connectivity index (χ2n) is 5.23. The Labute approximate surface area is 66.2 Å². The highest BCUT2D eigenvalue weighted by atomic mass is 16.1. The molecule has 0 aromatic carbocycles. The molecule has 58 valence electrons. The summed E-state index contributed by atoms with van der Waals surface area (Å²) >= 11 is 0. The molecular formula is C10H12O. The van der Waals surface area contributed by atoms with E-state index in [9.17, 15) is 4.79 Å². The third kappa shape index (κ3) is 0.312. The summed E-state index contributed by atoms with van der Waals surface area (Å²) in [6.45, 7) is 0. The topological polar surface area (TPSA) is 17.1 Å². The van der Waals surface area contributed by atoms with Crippen molar-refractivity contribution in [3.63, 3.8) is 0 Å². The van der Waals surface area contributed by atoms with E-state index in [1.54, 1.807) is 0 Å². The number of fused-ring (bicyclic) bond motifs is 1. The molecule has 0 saturated heterocycles. The maximum Gasteiger partial charge on any atom is 0.126 e. The minimum atomic E-state index is 0.244. The number of aldehydes is 1. The fraction of sp³-hybridized carbons (Fsp3) is 0.900. The highest BCUT2D eigenvalue weighted by molar-refractivity contribution is 5.71. The van der Waals surface area contributed by atoms with Gasteiger partial charge in [-0.25, -0.2) is 0 Å². The highest BCUT2D eigenvalue weighted by Crippen LogP contribution is 2.92. The molecule has 1 heteroatoms. The first-order chi connectivity index (χ1) is 5.32. The second-order valence-corrected chi connectivity index (χ2v) is 5.23. The molecule has 0 aliphatic heterocycles. The zero-order valence-corrected chi connectivity index (χ0v) is 6.55. The zero-order chi connectivity index (χ0) is 7.27. The number of carbonyl (C=O) groups excluding carboxylic acids is 1. The average Bonchev–Trinajstić information content (AvgIpc) is 2.74. The summed E-state index contributed by atoms with van der Waals surface area (Å²) in [6, 6.07) is 0. The molecule has 4 rings (SSSR count). The molecule has 4 saturated carbocycles. The smallest absolute Gasteiger partial charge is 0.126 e. The predicted molar refractivity (Wildman–Crippen MR) is 39.9 cm³/mol. The van der Waals surface area contributed by atoms with Gasteiger partial charge in [0.25, 0.3) is 0 Å². The van der Waals surface area contributed by atoms with Crippen molar-refractivity contribution in [3.05, 3.63) is 0 Å². The van der Waals surface area contributed by atoms with E-state index < -0.39 is 0 Å². The van der Waals surface area contributed by atoms with Crippen LogP contribution < -0.4 is 0 Å². The Balaban J connectivity index is 1.84. The maximum atomic E-state index is 10.9. The largest absolute Gasteiger partial charge is 0.303 e. The van der Waals surface area contributed by atoms with E-state index in [4.69, 9.17) is 0 Å². The maximum absolute atomic E-state index is 10.9. The fourth-order valence-corrected chi connectivity index (χ4v) is 4.58. The number of rotatable bonds is 1. The Morgan fingerprint density at radius 2 is 2.27 bits per heavy atom. The lowest BCUT2D eigenvalue weighted by Gasteiger charge is -2.38. The first-order valence-corrected chi connectivity index (χ1v) is 4.79. The van der Waals surface area contributed by atoms with Crippen LogP contribution in [0.2, 0.25) is 0 Å². The molecule has 11 heavy (non-hydrogen) atoms. The molecule has 0 aromatic heterocycles. The van der Waals surface area contributed by atoms with E-state index in [1.807, 2.05) is 0 Å². The predicted octanol–water partition coefficient (Wildman–Crippen LogP) is 1.62. The molecule has 5 atom stereocenters. The molecule has 0 heterocycles. The van der Waals surface area contributed by atoms with E-state index in [-0.39, 0.29) is 5.41 Å². The Morgan fingerprint density at radius 1 is 1.36 bits per heavy atom. The van der Waals surface area contributed by atoms with Crippen molar-refractivity contribution in [1.29, 1.82) is 0 Å². The minimum Gasteiger partial charge on any atom is -0.303 e. The summed E-state index contributed by atoms with van der Waals surface area (Å²) in [6.07, 6.45) is 6.75. The summed E-state index contributed by atoms with van der Waals surface area (Å²) in [4.78, 5) is 10.9. The first-order valence-electron chi connectivity index (χ1n) is 4.79. The van der Waals surface area contributed by atoms with Crippen molar-refractivity contribution in [3.8, 4) is 0 Å². The number of hydrogen-bond donors (Lipinski definition) is 0. The van der Waals surface area contributed by atoms with Crippen molar-refractivity contribution >= 4 is 6.29 Å². The summed E-state index contributed by atoms with van der Waals surface area (Å²) in [5.74, 6) is 3.05. The van der Waals surface area contributed by atoms with Gasteiger partial charge in [-0.2, -0.15) is 0 Å². The van der Waals surface area contributed by atoms with Gasteiger partial charge < -0.3 is 4.79 Å². The van der Waals surface area contributed by atoms with Gasteiger partial charge in [-0.05, 0) is 48.9 Å². The van der Waals surface area contributed by atoms with Gasteiger partial charge in [0.15, 0.2) is 0 Å². The van der Waals surface area contributed by atoms with Gasteiger partial charge in [0, 0.05) is 5.41 Å². The van der Waals surface area contributed by atoms with Crippen LogP contribution in [0.25, 0.3) is 0 Å². The summed E-state index contributed by atoms with van der Waals surface area (Å²) in [5.41, 5.74) is 0.854. The average molecular weight is 148 g/mol. The number of carbonyl (C=O) groups is 1. The standard InChI is InChI=1S/C10H12O/c11-5-9-3-7-1-6-2-8(6)10(7,9)4-9/h5-8H,1-4H2/t6?,7?,8?,9?,10-/m0/s1. The highest BCUT2D eigenvalue weighted by Gasteiger charge is 2.87. The van der Waals surface area contributed by atoms with Crippen LogP contribution in [0.15, 0.2) is 0 Å². The van der Waals surface area contributed by atoms with Crippen LogP contribution in [0.1, 0.15) is 25.7 Å². The van der Waals surface area contributed by atoms with Gasteiger partial charge in [-0.15, -0.1) is 0 Å². The molecular weight excluding hydrogens is 136 g/mol. The van der Waals surface area contributed by atoms with Crippen molar-refractivity contribution in [2.24, 2.45) is 28.6 Å². The van der Waals surface area contributed by atoms with Crippen LogP contribution in [0.4, 0.5) is 0 Å². The fourth-order valence-electron chi connectivity index (χ4n) is 4.58. The number of hydrogen-bond acceptors (Lipinski definition) is 1. The summed E-state index contributed by atoms with van der Waals surface area (Å²) < 4.78 is 0. The van der Waals surface area contributed by atoms with E-state index in [1.165, 1.54) is 32.0 Å². The quantitative estimate of drug-likeness (QED) is 0.516. The van der Waals surface area contributed by atoms with Crippen LogP contribution in [0, 0.1) is 28.6 Å². The zero-order valence-electron chi connectivity index (χ0n) is 6.55. The monoisotopic (exact) mass is 148 g/mol. The van der Waals surface area contributed by atoms with Crippen LogP contribution >= 0.6 is 0 Å². The van der Waals surface area contributed by atoms with Gasteiger partial charge >= 0.3 is 0 Å². The van der Waals surface area contributed by atoms with Gasteiger partial charge in [0.05, 0.1) is 0 Å². The summed E-state index contributed by atoms with van der Waals surface area (Å²) in [5, 5.41) is 0. The van der Waals surface area contributed by atoms with Gasteiger partial charge in [0.2, 0.25) is 0 Å². The molecule has 4 unspecified atom stereocenters. The lowest BCUT2D eigenvalue weighted by molar-refractivity contribution is -0.118. The molecule has 0 bridgehead atoms. The Bertz CT molecular complexity index is 268. The molecule has 0 radical (unpaired) electrons. The molecule has 0 aromatic rings. The van der Waals surface area contributed by atoms with E-state index in [0.717, 1.165) is 17.8 Å². The third-order valence-corrected chi connectivity index (χ3v) is 5.15. The van der Waals surface area contributed by atoms with E-state index in [0.29, 0.717) is 5.41 Å². The van der Waals surface area contributed by atoms with Gasteiger partial charge in [0.1, 0.15) is 6.29 Å². The normalized spacial score (nSPS) is 74.0. The third-order valence-electron chi connectivity index (χ3n) is 5.15. The molecule has 4 aliphatic rings. The molecule has 0 amide bonds. The minimum absolute atomic E-state index is 0.244. The lowest BCUT2D eigenvalue weighted by atomic mass is 9.65. The van der Waals surface area contributed by atoms with E-state index >= 15 is 0 Å². The second kappa shape index (κ2) is 1.10. The molecule has 1 nitrogen and oxygen atoms in total. The van der Waals surface area contributed by atoms with Crippen LogP contribution in [-0.4, -0.2) is 6.29 Å². The van der Waals surface area contributed by atoms with Crippen LogP contribution in [0.3, 0.4) is 0 Å². The van der Waals surface area contributed by atoms with Gasteiger partial charge in [-0.1, -0.05) is 0 Å². The van der Waals surface area contributed by atoms with Crippen molar-refractivity contribution in [2.45, 2.75) is 25.7 Å². The SMILES string of the molecule is O=CC12CC3CC4CC4[C@]31C2. The van der Waals surface area contributed by atoms with Crippen LogP contribution in [0.5, 0.6) is 0 Å². The molecule has 4 fully saturated rings. The Kier molecular flexibility index (Phi) is 0.535. The first kappa shape index (κ1) is 5.34. The Morgan fingerprint density at radius 3 is 2.91 bits per heavy atom. The molecule has 4 aliphatic carbocycles. The Hall–Kier alpha value is -0.330. The van der Waals surface area contributed by atoms with Crippen LogP contribution in [-0.2, 0) is 4.79 Å². The molecule has 1 spiro atoms. The van der Waals surface area contributed by atoms with Crippen molar-refractivity contribution in [2.75, 3.05) is 0 Å². The van der Waals surface area contributed by atoms with Crippen molar-refractivity contribution in [1.82, 2.24) is 0 Å². The summed E-state index contributed by atoms with van der Waals surface area (Å²) in [7, 11) is 0. The van der Waals surface area contributed by atoms with E-state index in [2.05, 4.69) is 0 Å². The van der Waals surface area contributed by atoms with Crippen molar-refractivity contribution < 1.29 is 4.79 Å². The van der Waals surface area contributed by atoms with Gasteiger partial charge in [-0.3, -0.25) is 0 Å². The molecule has 0 N–H and O–H groups in total. The lowest BCUT2D eigenvalue weighted by Crippen LogP contribution is -2.36.